The zero-order valence-corrected chi connectivity index (χ0v) is 16.8. The lowest BCUT2D eigenvalue weighted by molar-refractivity contribution is -0.125. The number of nitrogens with one attached hydrogen (secondary N) is 4. The minimum absolute atomic E-state index is 0.0587. The molecule has 4 N–H and O–H groups in total. The Balaban J connectivity index is 1.43. The second-order valence-electron chi connectivity index (χ2n) is 6.99. The first-order valence-electron chi connectivity index (χ1n) is 9.37. The number of amides is 3. The van der Waals surface area contributed by atoms with E-state index in [9.17, 15) is 19.2 Å². The number of thioether (sulfide) groups is 1. The summed E-state index contributed by atoms with van der Waals surface area (Å²) in [5.41, 5.74) is 0.506. The maximum absolute atomic E-state index is 12.2. The van der Waals surface area contributed by atoms with E-state index in [1.807, 2.05) is 0 Å². The topological polar surface area (TPSA) is 126 Å². The number of anilines is 1. The molecule has 3 amide bonds. The van der Waals surface area contributed by atoms with Crippen molar-refractivity contribution >= 4 is 41.1 Å². The highest BCUT2D eigenvalue weighted by molar-refractivity contribution is 8.00. The smallest absolute Gasteiger partial charge is 0.337 e. The third kappa shape index (κ3) is 6.75. The van der Waals surface area contributed by atoms with E-state index >= 15 is 0 Å². The fourth-order valence-electron chi connectivity index (χ4n) is 2.87. The molecule has 2 atom stereocenters. The molecule has 1 saturated heterocycles. The molecule has 1 heterocycles. The average molecular weight is 420 g/mol. The summed E-state index contributed by atoms with van der Waals surface area (Å²) in [4.78, 5) is 47.5. The molecule has 2 fully saturated rings. The summed E-state index contributed by atoms with van der Waals surface area (Å²) in [6.45, 7) is 0. The fourth-order valence-corrected chi connectivity index (χ4v) is 3.76. The van der Waals surface area contributed by atoms with Gasteiger partial charge in [-0.15, -0.1) is 11.8 Å². The molecule has 0 spiro atoms. The maximum Gasteiger partial charge on any atom is 0.337 e. The lowest BCUT2D eigenvalue weighted by Crippen LogP contribution is -2.56. The molecule has 0 radical (unpaired) electrons. The largest absolute Gasteiger partial charge is 0.465 e. The van der Waals surface area contributed by atoms with Gasteiger partial charge in [0.05, 0.1) is 18.4 Å². The van der Waals surface area contributed by atoms with Crippen LogP contribution in [0.15, 0.2) is 24.3 Å². The number of rotatable bonds is 8. The first-order chi connectivity index (χ1) is 13.9. The van der Waals surface area contributed by atoms with Crippen LogP contribution in [0.1, 0.15) is 36.0 Å². The van der Waals surface area contributed by atoms with Crippen LogP contribution < -0.4 is 21.3 Å². The third-order valence-electron chi connectivity index (χ3n) is 4.46. The van der Waals surface area contributed by atoms with E-state index in [2.05, 4.69) is 26.0 Å². The van der Waals surface area contributed by atoms with E-state index in [1.54, 1.807) is 24.3 Å². The van der Waals surface area contributed by atoms with Crippen molar-refractivity contribution in [3.63, 3.8) is 0 Å². The second kappa shape index (κ2) is 9.75. The van der Waals surface area contributed by atoms with Gasteiger partial charge in [-0.3, -0.25) is 19.7 Å². The summed E-state index contributed by atoms with van der Waals surface area (Å²) in [6, 6.07) is 6.39. The third-order valence-corrected chi connectivity index (χ3v) is 5.47. The number of ether oxygens (including phenoxy) is 1. The van der Waals surface area contributed by atoms with Crippen molar-refractivity contribution in [2.24, 2.45) is 0 Å². The Kier molecular flexibility index (Phi) is 7.10. The summed E-state index contributed by atoms with van der Waals surface area (Å²) < 4.78 is 4.63. The summed E-state index contributed by atoms with van der Waals surface area (Å²) in [6.07, 6.45) is 2.50. The fraction of sp³-hybridized carbons (Fsp3) is 0.474. The van der Waals surface area contributed by atoms with Gasteiger partial charge >= 0.3 is 5.97 Å². The quantitative estimate of drug-likeness (QED) is 0.453. The van der Waals surface area contributed by atoms with Gasteiger partial charge in [0.15, 0.2) is 0 Å². The van der Waals surface area contributed by atoms with Crippen LogP contribution >= 0.6 is 11.8 Å². The molecule has 2 aliphatic rings. The van der Waals surface area contributed by atoms with E-state index in [-0.39, 0.29) is 48.4 Å². The Morgan fingerprint density at radius 2 is 1.90 bits per heavy atom. The molecule has 1 aliphatic carbocycles. The maximum atomic E-state index is 12.2. The molecule has 2 unspecified atom stereocenters. The van der Waals surface area contributed by atoms with Crippen molar-refractivity contribution in [3.8, 4) is 0 Å². The zero-order valence-electron chi connectivity index (χ0n) is 16.0. The van der Waals surface area contributed by atoms with Crippen LogP contribution in [0.4, 0.5) is 5.69 Å². The minimum atomic E-state index is -0.446. The van der Waals surface area contributed by atoms with Crippen LogP contribution in [-0.2, 0) is 19.1 Å². The van der Waals surface area contributed by atoms with E-state index in [0.29, 0.717) is 11.3 Å². The molecule has 3 rings (SSSR count). The van der Waals surface area contributed by atoms with Crippen molar-refractivity contribution in [1.29, 1.82) is 0 Å². The molecular weight excluding hydrogens is 396 g/mol. The highest BCUT2D eigenvalue weighted by Crippen LogP contribution is 2.20. The van der Waals surface area contributed by atoms with Crippen LogP contribution in [0.25, 0.3) is 0 Å². The Morgan fingerprint density at radius 3 is 2.55 bits per heavy atom. The summed E-state index contributed by atoms with van der Waals surface area (Å²) in [5, 5.41) is 11.6. The Morgan fingerprint density at radius 1 is 1.17 bits per heavy atom. The number of hydrogen-bond acceptors (Lipinski definition) is 7. The molecule has 0 aromatic heterocycles. The number of methoxy groups -OCH3 is 1. The highest BCUT2D eigenvalue weighted by atomic mass is 32.2. The van der Waals surface area contributed by atoms with Crippen molar-refractivity contribution in [1.82, 2.24) is 16.0 Å². The molecule has 1 aromatic rings. The van der Waals surface area contributed by atoms with Gasteiger partial charge in [-0.25, -0.2) is 4.79 Å². The number of benzene rings is 1. The predicted octanol–water partition coefficient (Wildman–Crippen LogP) is 0.575. The summed E-state index contributed by atoms with van der Waals surface area (Å²) in [5.74, 6) is -0.790. The van der Waals surface area contributed by atoms with Crippen LogP contribution in [0.5, 0.6) is 0 Å². The molecule has 1 aliphatic heterocycles. The van der Waals surface area contributed by atoms with E-state index < -0.39 is 11.5 Å². The van der Waals surface area contributed by atoms with Crippen LogP contribution in [0.3, 0.4) is 0 Å². The normalized spacial score (nSPS) is 21.1. The van der Waals surface area contributed by atoms with E-state index in [1.165, 1.54) is 18.9 Å². The SMILES string of the molecule is COC(=O)c1ccc(NC(=O)CSC2NC(=O)CC(CC(=O)NC3CC3)N2)cc1. The molecule has 156 valence electrons. The lowest BCUT2D eigenvalue weighted by Gasteiger charge is -2.30. The van der Waals surface area contributed by atoms with Gasteiger partial charge in [0.1, 0.15) is 5.50 Å². The number of carbonyl (C=O) groups excluding carboxylic acids is 4. The number of carbonyl (C=O) groups is 4. The monoisotopic (exact) mass is 420 g/mol. The van der Waals surface area contributed by atoms with Crippen molar-refractivity contribution in [2.45, 2.75) is 43.3 Å². The lowest BCUT2D eigenvalue weighted by atomic mass is 10.1. The van der Waals surface area contributed by atoms with Crippen LogP contribution in [0.2, 0.25) is 0 Å². The van der Waals surface area contributed by atoms with Crippen LogP contribution in [0, 0.1) is 0 Å². The number of esters is 1. The van der Waals surface area contributed by atoms with Gasteiger partial charge < -0.3 is 20.7 Å². The first kappa shape index (κ1) is 21.1. The van der Waals surface area contributed by atoms with Crippen molar-refractivity contribution in [3.05, 3.63) is 29.8 Å². The highest BCUT2D eigenvalue weighted by Gasteiger charge is 2.30. The van der Waals surface area contributed by atoms with E-state index in [4.69, 9.17) is 0 Å². The van der Waals surface area contributed by atoms with Gasteiger partial charge in [-0.2, -0.15) is 0 Å². The summed E-state index contributed by atoms with van der Waals surface area (Å²) >= 11 is 1.24. The molecule has 1 aromatic carbocycles. The minimum Gasteiger partial charge on any atom is -0.465 e. The molecule has 0 bridgehead atoms. The van der Waals surface area contributed by atoms with Crippen molar-refractivity contribution in [2.75, 3.05) is 18.2 Å². The molecule has 9 nitrogen and oxygen atoms in total. The first-order valence-corrected chi connectivity index (χ1v) is 10.4. The van der Waals surface area contributed by atoms with Gasteiger partial charge in [0.2, 0.25) is 17.7 Å². The zero-order chi connectivity index (χ0) is 20.8. The van der Waals surface area contributed by atoms with Crippen molar-refractivity contribution < 1.29 is 23.9 Å². The van der Waals surface area contributed by atoms with Crippen LogP contribution in [-0.4, -0.2) is 54.1 Å². The van der Waals surface area contributed by atoms with E-state index in [0.717, 1.165) is 12.8 Å². The summed E-state index contributed by atoms with van der Waals surface area (Å²) in [7, 11) is 1.30. The molecular formula is C19H24N4O5S. The average Bonchev–Trinajstić information content (AvgIpc) is 3.49. The molecule has 1 saturated carbocycles. The Bertz CT molecular complexity index is 781. The number of hydrogen-bond donors (Lipinski definition) is 4. The molecule has 29 heavy (non-hydrogen) atoms. The predicted molar refractivity (Wildman–Crippen MR) is 108 cm³/mol. The van der Waals surface area contributed by atoms with Gasteiger partial charge in [0, 0.05) is 30.6 Å². The second-order valence-corrected chi connectivity index (χ2v) is 8.08. The Labute approximate surface area is 172 Å². The standard InChI is InChI=1S/C19H24N4O5S/c1-28-18(27)11-2-4-12(5-3-11)21-17(26)10-29-19-22-14(9-16(25)23-19)8-15(24)20-13-6-7-13/h2-5,13-14,19,22H,6-10H2,1H3,(H,20,24)(H,21,26)(H,23,25). The van der Waals surface area contributed by atoms with Gasteiger partial charge in [-0.05, 0) is 37.1 Å². The molecule has 10 heteroatoms. The Hall–Kier alpha value is -2.59. The van der Waals surface area contributed by atoms with Gasteiger partial charge in [-0.1, -0.05) is 0 Å². The van der Waals surface area contributed by atoms with Gasteiger partial charge in [0.25, 0.3) is 0 Å².